The molecule has 0 saturated carbocycles. The zero-order valence-electron chi connectivity index (χ0n) is 8.29. The van der Waals surface area contributed by atoms with E-state index in [1.807, 2.05) is 0 Å². The van der Waals surface area contributed by atoms with Crippen LogP contribution >= 0.6 is 15.9 Å². The molecule has 0 saturated heterocycles. The van der Waals surface area contributed by atoms with Crippen molar-refractivity contribution in [3.8, 4) is 11.5 Å². The molecular weight excluding hydrogens is 283 g/mol. The van der Waals surface area contributed by atoms with E-state index in [4.69, 9.17) is 14.6 Å². The van der Waals surface area contributed by atoms with E-state index in [1.54, 1.807) is 0 Å². The minimum absolute atomic E-state index is 0.00394. The van der Waals surface area contributed by atoms with Gasteiger partial charge in [0.2, 0.25) is 12.5 Å². The van der Waals surface area contributed by atoms with E-state index in [-0.39, 0.29) is 12.4 Å². The summed E-state index contributed by atoms with van der Waals surface area (Å²) in [4.78, 5) is 10.8. The van der Waals surface area contributed by atoms with Crippen LogP contribution in [0, 0.1) is 0 Å². The van der Waals surface area contributed by atoms with Gasteiger partial charge in [0, 0.05) is 10.0 Å². The zero-order chi connectivity index (χ0) is 11.9. The first-order valence-corrected chi connectivity index (χ1v) is 5.24. The summed E-state index contributed by atoms with van der Waals surface area (Å²) in [6.07, 6.45) is 0. The third-order valence-electron chi connectivity index (χ3n) is 2.37. The number of hydrogen-bond acceptors (Lipinski definition) is 3. The Labute approximate surface area is 99.1 Å². The Morgan fingerprint density at radius 3 is 2.62 bits per heavy atom. The van der Waals surface area contributed by atoms with Crippen molar-refractivity contribution in [2.45, 2.75) is 12.6 Å². The highest BCUT2D eigenvalue weighted by Gasteiger charge is 2.38. The highest BCUT2D eigenvalue weighted by atomic mass is 79.9. The molecule has 1 aromatic rings. The van der Waals surface area contributed by atoms with Crippen molar-refractivity contribution in [2.75, 3.05) is 6.79 Å². The van der Waals surface area contributed by atoms with Crippen LogP contribution in [0.5, 0.6) is 11.5 Å². The molecule has 6 heteroatoms. The van der Waals surface area contributed by atoms with Gasteiger partial charge in [-0.3, -0.25) is 0 Å². The van der Waals surface area contributed by atoms with Crippen LogP contribution in [0.1, 0.15) is 12.5 Å². The maximum absolute atomic E-state index is 13.9. The van der Waals surface area contributed by atoms with Gasteiger partial charge in [-0.1, -0.05) is 15.9 Å². The SMILES string of the molecule is CC(F)(C(=O)O)c1cc2c(cc1Br)OCO2. The lowest BCUT2D eigenvalue weighted by Crippen LogP contribution is -2.27. The molecule has 1 aliphatic heterocycles. The van der Waals surface area contributed by atoms with E-state index in [0.29, 0.717) is 16.0 Å². The second kappa shape index (κ2) is 3.62. The van der Waals surface area contributed by atoms with Crippen molar-refractivity contribution in [3.05, 3.63) is 22.2 Å². The summed E-state index contributed by atoms with van der Waals surface area (Å²) in [5, 5.41) is 8.80. The Hall–Kier alpha value is -1.30. The van der Waals surface area contributed by atoms with Crippen molar-refractivity contribution in [1.82, 2.24) is 0 Å². The number of halogens is 2. The molecule has 0 fully saturated rings. The molecular formula is C10H8BrFO4. The lowest BCUT2D eigenvalue weighted by atomic mass is 9.98. The summed E-state index contributed by atoms with van der Waals surface area (Å²) in [6.45, 7) is 1.04. The lowest BCUT2D eigenvalue weighted by Gasteiger charge is -2.17. The topological polar surface area (TPSA) is 55.8 Å². The molecule has 2 rings (SSSR count). The maximum Gasteiger partial charge on any atom is 0.345 e. The molecule has 1 aliphatic rings. The summed E-state index contributed by atoms with van der Waals surface area (Å²) in [5.41, 5.74) is -2.47. The molecule has 16 heavy (non-hydrogen) atoms. The van der Waals surface area contributed by atoms with Gasteiger partial charge in [-0.25, -0.2) is 9.18 Å². The Kier molecular flexibility index (Phi) is 2.53. The molecule has 86 valence electrons. The summed E-state index contributed by atoms with van der Waals surface area (Å²) in [6, 6.07) is 2.83. The van der Waals surface area contributed by atoms with Gasteiger partial charge in [0.05, 0.1) is 0 Å². The standard InChI is InChI=1S/C10H8BrFO4/c1-10(12,9(13)14)5-2-7-8(3-6(5)11)16-4-15-7/h2-3H,4H2,1H3,(H,13,14). The van der Waals surface area contributed by atoms with Gasteiger partial charge < -0.3 is 14.6 Å². The number of alkyl halides is 1. The van der Waals surface area contributed by atoms with Gasteiger partial charge in [0.25, 0.3) is 0 Å². The van der Waals surface area contributed by atoms with Crippen LogP contribution in [0.25, 0.3) is 0 Å². The zero-order valence-corrected chi connectivity index (χ0v) is 9.88. The second-order valence-electron chi connectivity index (χ2n) is 3.49. The van der Waals surface area contributed by atoms with Crippen molar-refractivity contribution < 1.29 is 23.8 Å². The number of carboxylic acids is 1. The molecule has 0 aromatic heterocycles. The molecule has 0 amide bonds. The van der Waals surface area contributed by atoms with Gasteiger partial charge in [0.1, 0.15) is 0 Å². The minimum atomic E-state index is -2.47. The summed E-state index contributed by atoms with van der Waals surface area (Å²) in [5.74, 6) is -0.729. The van der Waals surface area contributed by atoms with Crippen LogP contribution in [0.2, 0.25) is 0 Å². The Morgan fingerprint density at radius 1 is 1.50 bits per heavy atom. The Balaban J connectivity index is 2.54. The number of ether oxygens (including phenoxy) is 2. The van der Waals surface area contributed by atoms with Crippen LogP contribution in [0.4, 0.5) is 4.39 Å². The van der Waals surface area contributed by atoms with Crippen molar-refractivity contribution in [1.29, 1.82) is 0 Å². The first kappa shape index (κ1) is 11.2. The second-order valence-corrected chi connectivity index (χ2v) is 4.35. The monoisotopic (exact) mass is 290 g/mol. The van der Waals surface area contributed by atoms with Crippen LogP contribution in [0.3, 0.4) is 0 Å². The van der Waals surface area contributed by atoms with Crippen LogP contribution < -0.4 is 9.47 Å². The van der Waals surface area contributed by atoms with E-state index in [9.17, 15) is 9.18 Å². The average Bonchev–Trinajstić information content (AvgIpc) is 2.62. The molecule has 1 N–H and O–H groups in total. The van der Waals surface area contributed by atoms with E-state index in [2.05, 4.69) is 15.9 Å². The minimum Gasteiger partial charge on any atom is -0.479 e. The van der Waals surface area contributed by atoms with E-state index >= 15 is 0 Å². The third kappa shape index (κ3) is 1.63. The highest BCUT2D eigenvalue weighted by molar-refractivity contribution is 9.10. The number of rotatable bonds is 2. The van der Waals surface area contributed by atoms with Crippen LogP contribution in [-0.4, -0.2) is 17.9 Å². The molecule has 0 aliphatic carbocycles. The van der Waals surface area contributed by atoms with Crippen molar-refractivity contribution in [3.63, 3.8) is 0 Å². The molecule has 1 heterocycles. The average molecular weight is 291 g/mol. The van der Waals surface area contributed by atoms with Gasteiger partial charge >= 0.3 is 5.97 Å². The molecule has 0 bridgehead atoms. The number of aliphatic carboxylic acids is 1. The fourth-order valence-electron chi connectivity index (χ4n) is 1.39. The molecule has 1 aromatic carbocycles. The smallest absolute Gasteiger partial charge is 0.345 e. The first-order valence-electron chi connectivity index (χ1n) is 4.45. The molecule has 1 atom stereocenters. The highest BCUT2D eigenvalue weighted by Crippen LogP contribution is 2.41. The number of hydrogen-bond donors (Lipinski definition) is 1. The number of carbonyl (C=O) groups is 1. The van der Waals surface area contributed by atoms with Crippen molar-refractivity contribution in [2.24, 2.45) is 0 Å². The lowest BCUT2D eigenvalue weighted by molar-refractivity contribution is -0.150. The van der Waals surface area contributed by atoms with E-state index in [0.717, 1.165) is 6.92 Å². The predicted molar refractivity (Wildman–Crippen MR) is 56.4 cm³/mol. The molecule has 0 radical (unpaired) electrons. The maximum atomic E-state index is 13.9. The molecule has 1 unspecified atom stereocenters. The van der Waals surface area contributed by atoms with Crippen LogP contribution in [0.15, 0.2) is 16.6 Å². The number of benzene rings is 1. The van der Waals surface area contributed by atoms with Gasteiger partial charge in [-0.2, -0.15) is 0 Å². The summed E-state index contributed by atoms with van der Waals surface area (Å²) >= 11 is 3.12. The Morgan fingerprint density at radius 2 is 2.06 bits per heavy atom. The van der Waals surface area contributed by atoms with E-state index in [1.165, 1.54) is 12.1 Å². The fourth-order valence-corrected chi connectivity index (χ4v) is 2.09. The predicted octanol–water partition coefficient (Wildman–Crippen LogP) is 2.45. The number of fused-ring (bicyclic) bond motifs is 1. The summed E-state index contributed by atoms with van der Waals surface area (Å²) in [7, 11) is 0. The first-order chi connectivity index (χ1) is 7.43. The quantitative estimate of drug-likeness (QED) is 0.909. The van der Waals surface area contributed by atoms with Gasteiger partial charge in [-0.05, 0) is 19.1 Å². The number of carboxylic acid groups (broad SMARTS) is 1. The Bertz CT molecular complexity index is 458. The van der Waals surface area contributed by atoms with E-state index < -0.39 is 11.6 Å². The molecule has 0 spiro atoms. The van der Waals surface area contributed by atoms with Crippen LogP contribution in [-0.2, 0) is 10.5 Å². The normalized spacial score (nSPS) is 16.9. The largest absolute Gasteiger partial charge is 0.479 e. The fraction of sp³-hybridized carbons (Fsp3) is 0.300. The van der Waals surface area contributed by atoms with Gasteiger partial charge in [-0.15, -0.1) is 0 Å². The van der Waals surface area contributed by atoms with Gasteiger partial charge in [0.15, 0.2) is 11.5 Å². The third-order valence-corrected chi connectivity index (χ3v) is 3.03. The van der Waals surface area contributed by atoms with Crippen molar-refractivity contribution >= 4 is 21.9 Å². The summed E-state index contributed by atoms with van der Waals surface area (Å²) < 4.78 is 24.4. The molecule has 4 nitrogen and oxygen atoms in total.